The zero-order valence-electron chi connectivity index (χ0n) is 16.3. The highest BCUT2D eigenvalue weighted by molar-refractivity contribution is 6.22. The summed E-state index contributed by atoms with van der Waals surface area (Å²) >= 11 is 0. The molecule has 0 spiro atoms. The molecule has 2 heterocycles. The molecule has 0 atom stereocenters. The Hall–Kier alpha value is -3.08. The van der Waals surface area contributed by atoms with Crippen molar-refractivity contribution in [2.75, 3.05) is 6.61 Å². The van der Waals surface area contributed by atoms with Crippen LogP contribution in [0.25, 0.3) is 11.8 Å². The number of esters is 1. The van der Waals surface area contributed by atoms with E-state index in [0.29, 0.717) is 11.4 Å². The summed E-state index contributed by atoms with van der Waals surface area (Å²) in [4.78, 5) is 16.4. The molecule has 0 saturated carbocycles. The Kier molecular flexibility index (Phi) is 5.04. The van der Waals surface area contributed by atoms with Crippen LogP contribution in [0.3, 0.4) is 0 Å². The molecule has 27 heavy (non-hydrogen) atoms. The van der Waals surface area contributed by atoms with Crippen molar-refractivity contribution in [3.8, 4) is 5.69 Å². The van der Waals surface area contributed by atoms with Crippen molar-refractivity contribution in [2.24, 2.45) is 4.99 Å². The van der Waals surface area contributed by atoms with E-state index in [4.69, 9.17) is 4.74 Å². The van der Waals surface area contributed by atoms with Crippen LogP contribution in [0, 0.1) is 20.8 Å². The monoisotopic (exact) mass is 364 g/mol. The smallest absolute Gasteiger partial charge is 0.343 e. The Labute approximate surface area is 159 Å². The molecule has 0 radical (unpaired) electrons. The topological polar surface area (TPSA) is 63.8 Å². The van der Waals surface area contributed by atoms with Crippen molar-refractivity contribution in [2.45, 2.75) is 34.6 Å². The highest BCUT2D eigenvalue weighted by atomic mass is 16.5. The number of rotatable bonds is 4. The van der Waals surface area contributed by atoms with E-state index in [9.17, 15) is 9.90 Å². The van der Waals surface area contributed by atoms with Gasteiger partial charge in [0.15, 0.2) is 5.76 Å². The standard InChI is InChI=1S/C22H24N2O3/c1-6-27-22(26)20-15(4)23-19(21(20)25)12-17-11-14(3)24(16(17)5)18-9-7-8-13(2)10-18/h7-12,25H,6H2,1-5H3/b19-12-. The highest BCUT2D eigenvalue weighted by Gasteiger charge is 2.27. The molecule has 5 nitrogen and oxygen atoms in total. The predicted molar refractivity (Wildman–Crippen MR) is 107 cm³/mol. The Morgan fingerprint density at radius 3 is 2.63 bits per heavy atom. The number of aliphatic hydroxyl groups excluding tert-OH is 1. The Morgan fingerprint density at radius 2 is 1.96 bits per heavy atom. The third-order valence-corrected chi connectivity index (χ3v) is 4.63. The number of aliphatic hydroxyl groups is 1. The SMILES string of the molecule is CCOC(=O)C1=C(O)/C(=C/c2cc(C)n(-c3cccc(C)c3)c2C)N=C1C. The lowest BCUT2D eigenvalue weighted by Gasteiger charge is -2.10. The molecule has 0 saturated heterocycles. The number of ether oxygens (including phenoxy) is 1. The number of carbonyl (C=O) groups excluding carboxylic acids is 1. The summed E-state index contributed by atoms with van der Waals surface area (Å²) in [5, 5.41) is 10.5. The molecule has 0 unspecified atom stereocenters. The number of aryl methyl sites for hydroxylation is 2. The minimum atomic E-state index is -0.551. The average molecular weight is 364 g/mol. The van der Waals surface area contributed by atoms with Gasteiger partial charge in [0, 0.05) is 17.1 Å². The van der Waals surface area contributed by atoms with E-state index in [1.54, 1.807) is 19.9 Å². The number of aliphatic imine (C=N–C) groups is 1. The van der Waals surface area contributed by atoms with Crippen LogP contribution in [0.1, 0.15) is 36.4 Å². The summed E-state index contributed by atoms with van der Waals surface area (Å²) in [5.41, 5.74) is 6.31. The number of carbonyl (C=O) groups is 1. The predicted octanol–water partition coefficient (Wildman–Crippen LogP) is 4.59. The first-order valence-corrected chi connectivity index (χ1v) is 8.97. The highest BCUT2D eigenvalue weighted by Crippen LogP contribution is 2.29. The van der Waals surface area contributed by atoms with Gasteiger partial charge in [-0.05, 0) is 70.0 Å². The molecule has 1 aliphatic rings. The van der Waals surface area contributed by atoms with Gasteiger partial charge in [-0.2, -0.15) is 0 Å². The molecule has 1 aromatic heterocycles. The Balaban J connectivity index is 2.04. The van der Waals surface area contributed by atoms with E-state index in [0.717, 1.165) is 22.6 Å². The number of benzene rings is 1. The molecule has 5 heteroatoms. The number of hydrogen-bond acceptors (Lipinski definition) is 4. The van der Waals surface area contributed by atoms with E-state index >= 15 is 0 Å². The van der Waals surface area contributed by atoms with E-state index in [2.05, 4.69) is 34.7 Å². The van der Waals surface area contributed by atoms with Crippen LogP contribution in [0.15, 0.2) is 52.4 Å². The quantitative estimate of drug-likeness (QED) is 0.807. The average Bonchev–Trinajstić information content (AvgIpc) is 3.03. The normalized spacial score (nSPS) is 15.4. The van der Waals surface area contributed by atoms with Gasteiger partial charge in [0.1, 0.15) is 11.3 Å². The van der Waals surface area contributed by atoms with Crippen molar-refractivity contribution in [3.05, 3.63) is 69.9 Å². The lowest BCUT2D eigenvalue weighted by molar-refractivity contribution is -0.138. The summed E-state index contributed by atoms with van der Waals surface area (Å²) in [5.74, 6) is -0.684. The van der Waals surface area contributed by atoms with Crippen molar-refractivity contribution < 1.29 is 14.6 Å². The van der Waals surface area contributed by atoms with Crippen LogP contribution in [-0.4, -0.2) is 28.0 Å². The number of nitrogens with zero attached hydrogens (tertiary/aromatic N) is 2. The van der Waals surface area contributed by atoms with Crippen LogP contribution < -0.4 is 0 Å². The second kappa shape index (κ2) is 7.27. The van der Waals surface area contributed by atoms with E-state index in [1.165, 1.54) is 5.56 Å². The molecule has 0 bridgehead atoms. The van der Waals surface area contributed by atoms with Crippen molar-refractivity contribution >= 4 is 17.8 Å². The molecule has 1 N–H and O–H groups in total. The molecular formula is C22H24N2O3. The lowest BCUT2D eigenvalue weighted by Crippen LogP contribution is -2.13. The van der Waals surface area contributed by atoms with Crippen LogP contribution in [0.2, 0.25) is 0 Å². The fourth-order valence-electron chi connectivity index (χ4n) is 3.38. The Morgan fingerprint density at radius 1 is 1.22 bits per heavy atom. The van der Waals surface area contributed by atoms with E-state index in [1.807, 2.05) is 26.0 Å². The first-order chi connectivity index (χ1) is 12.8. The maximum absolute atomic E-state index is 12.1. The molecule has 3 rings (SSSR count). The van der Waals surface area contributed by atoms with Gasteiger partial charge >= 0.3 is 5.97 Å². The minimum Gasteiger partial charge on any atom is -0.505 e. The van der Waals surface area contributed by atoms with Gasteiger partial charge < -0.3 is 14.4 Å². The van der Waals surface area contributed by atoms with Crippen molar-refractivity contribution in [3.63, 3.8) is 0 Å². The molecule has 0 aliphatic carbocycles. The van der Waals surface area contributed by atoms with Crippen LogP contribution in [0.5, 0.6) is 0 Å². The van der Waals surface area contributed by atoms with Crippen LogP contribution in [-0.2, 0) is 9.53 Å². The summed E-state index contributed by atoms with van der Waals surface area (Å²) < 4.78 is 7.18. The molecule has 140 valence electrons. The zero-order chi connectivity index (χ0) is 19.7. The second-order valence-corrected chi connectivity index (χ2v) is 6.67. The molecule has 0 amide bonds. The van der Waals surface area contributed by atoms with Gasteiger partial charge in [-0.15, -0.1) is 0 Å². The third kappa shape index (κ3) is 3.45. The maximum atomic E-state index is 12.1. The van der Waals surface area contributed by atoms with Crippen LogP contribution >= 0.6 is 0 Å². The fourth-order valence-corrected chi connectivity index (χ4v) is 3.38. The first kappa shape index (κ1) is 18.7. The molecule has 0 fully saturated rings. The molecular weight excluding hydrogens is 340 g/mol. The summed E-state index contributed by atoms with van der Waals surface area (Å²) in [6, 6.07) is 10.3. The minimum absolute atomic E-state index is 0.133. The molecule has 1 aliphatic heterocycles. The van der Waals surface area contributed by atoms with Gasteiger partial charge in [-0.25, -0.2) is 9.79 Å². The third-order valence-electron chi connectivity index (χ3n) is 4.63. The summed E-state index contributed by atoms with van der Waals surface area (Å²) in [7, 11) is 0. The van der Waals surface area contributed by atoms with Gasteiger partial charge in [-0.3, -0.25) is 0 Å². The lowest BCUT2D eigenvalue weighted by atomic mass is 10.1. The number of aromatic nitrogens is 1. The van der Waals surface area contributed by atoms with Gasteiger partial charge in [0.05, 0.1) is 12.3 Å². The first-order valence-electron chi connectivity index (χ1n) is 8.97. The maximum Gasteiger partial charge on any atom is 0.343 e. The Bertz CT molecular complexity index is 1010. The van der Waals surface area contributed by atoms with Gasteiger partial charge in [-0.1, -0.05) is 12.1 Å². The van der Waals surface area contributed by atoms with E-state index < -0.39 is 5.97 Å². The second-order valence-electron chi connectivity index (χ2n) is 6.67. The van der Waals surface area contributed by atoms with Gasteiger partial charge in [0.2, 0.25) is 0 Å². The number of hydrogen-bond donors (Lipinski definition) is 1. The molecule has 1 aromatic carbocycles. The summed E-state index contributed by atoms with van der Waals surface area (Å²) in [6.07, 6.45) is 1.81. The van der Waals surface area contributed by atoms with Gasteiger partial charge in [0.25, 0.3) is 0 Å². The largest absolute Gasteiger partial charge is 0.505 e. The van der Waals surface area contributed by atoms with Crippen molar-refractivity contribution in [1.29, 1.82) is 0 Å². The van der Waals surface area contributed by atoms with Crippen LogP contribution in [0.4, 0.5) is 0 Å². The van der Waals surface area contributed by atoms with E-state index in [-0.39, 0.29) is 17.9 Å². The summed E-state index contributed by atoms with van der Waals surface area (Å²) in [6.45, 7) is 9.81. The van der Waals surface area contributed by atoms with Crippen molar-refractivity contribution in [1.82, 2.24) is 4.57 Å². The molecule has 2 aromatic rings. The zero-order valence-corrected chi connectivity index (χ0v) is 16.3. The fraction of sp³-hybridized carbons (Fsp3) is 0.273.